The van der Waals surface area contributed by atoms with Gasteiger partial charge >= 0.3 is 0 Å². The van der Waals surface area contributed by atoms with E-state index >= 15 is 0 Å². The van der Waals surface area contributed by atoms with Crippen molar-refractivity contribution in [2.24, 2.45) is 0 Å². The van der Waals surface area contributed by atoms with Crippen LogP contribution in [0.3, 0.4) is 0 Å². The van der Waals surface area contributed by atoms with Crippen LogP contribution in [-0.4, -0.2) is 0 Å². The van der Waals surface area contributed by atoms with Crippen LogP contribution >= 0.6 is 11.8 Å². The molecule has 2 aliphatic rings. The first kappa shape index (κ1) is 25.7. The predicted octanol–water partition coefficient (Wildman–Crippen LogP) is 12.2. The number of nitrogens with zero attached hydrogens (tertiary/aromatic N) is 1. The van der Waals surface area contributed by atoms with Gasteiger partial charge in [0, 0.05) is 26.0 Å². The Kier molecular flexibility index (Phi) is 5.46. The Morgan fingerprint density at radius 2 is 1.09 bits per heavy atom. The molecule has 0 N–H and O–H groups in total. The van der Waals surface area contributed by atoms with Gasteiger partial charge in [-0.3, -0.25) is 0 Å². The molecule has 1 aliphatic heterocycles. The summed E-state index contributed by atoms with van der Waals surface area (Å²) in [6.45, 7) is 6.95. The van der Waals surface area contributed by atoms with Gasteiger partial charge in [0.1, 0.15) is 0 Å². The lowest BCUT2D eigenvalue weighted by molar-refractivity contribution is 0.660. The van der Waals surface area contributed by atoms with Crippen molar-refractivity contribution in [3.63, 3.8) is 0 Å². The lowest BCUT2D eigenvalue weighted by atomic mass is 9.81. The van der Waals surface area contributed by atoms with E-state index in [0.29, 0.717) is 0 Å². The van der Waals surface area contributed by atoms with Crippen LogP contribution in [0.1, 0.15) is 30.5 Å². The van der Waals surface area contributed by atoms with Crippen molar-refractivity contribution < 1.29 is 0 Å². The van der Waals surface area contributed by atoms with Crippen molar-refractivity contribution >= 4 is 50.4 Å². The largest absolute Gasteiger partial charge is 0.307 e. The minimum Gasteiger partial charge on any atom is -0.307 e. The fourth-order valence-electron chi connectivity index (χ4n) is 7.71. The number of fused-ring (bicyclic) bond motifs is 7. The molecule has 0 saturated heterocycles. The zero-order valence-corrected chi connectivity index (χ0v) is 25.9. The van der Waals surface area contributed by atoms with Gasteiger partial charge in [0.15, 0.2) is 0 Å². The van der Waals surface area contributed by atoms with E-state index < -0.39 is 0 Å². The van der Waals surface area contributed by atoms with Crippen molar-refractivity contribution in [1.29, 1.82) is 0 Å². The van der Waals surface area contributed by atoms with E-state index in [2.05, 4.69) is 159 Å². The van der Waals surface area contributed by atoms with Gasteiger partial charge < -0.3 is 4.90 Å². The van der Waals surface area contributed by atoms with Gasteiger partial charge in [-0.1, -0.05) is 140 Å². The second-order valence-corrected chi connectivity index (χ2v) is 13.7. The molecule has 7 aromatic carbocycles. The summed E-state index contributed by atoms with van der Waals surface area (Å²) in [6, 6.07) is 49.7. The molecule has 0 bridgehead atoms. The molecule has 0 fully saturated rings. The van der Waals surface area contributed by atoms with E-state index in [9.17, 15) is 0 Å². The third-order valence-corrected chi connectivity index (χ3v) is 10.8. The van der Waals surface area contributed by atoms with Crippen LogP contribution in [-0.2, 0) is 5.41 Å². The van der Waals surface area contributed by atoms with Crippen LogP contribution in [0.2, 0.25) is 0 Å². The first-order chi connectivity index (χ1) is 21.5. The highest BCUT2D eigenvalue weighted by Crippen LogP contribution is 2.57. The molecule has 1 nitrogen and oxygen atoms in total. The normalized spacial score (nSPS) is 14.3. The fraction of sp³-hybridized carbons (Fsp3) is 0.0952. The van der Waals surface area contributed by atoms with E-state index in [0.717, 1.165) is 0 Å². The average Bonchev–Trinajstić information content (AvgIpc) is 3.29. The summed E-state index contributed by atoms with van der Waals surface area (Å²) >= 11 is 1.86. The Bertz CT molecular complexity index is 2270. The Labute approximate surface area is 262 Å². The average molecular weight is 582 g/mol. The molecule has 7 aromatic rings. The molecule has 210 valence electrons. The van der Waals surface area contributed by atoms with E-state index in [1.54, 1.807) is 0 Å². The molecule has 9 rings (SSSR count). The maximum atomic E-state index is 2.51. The molecule has 0 amide bonds. The van der Waals surface area contributed by atoms with Crippen LogP contribution in [0.4, 0.5) is 17.1 Å². The molecule has 2 heteroatoms. The number of benzene rings is 7. The molecular formula is C42H31NS. The maximum absolute atomic E-state index is 2.51. The highest BCUT2D eigenvalue weighted by molar-refractivity contribution is 7.99. The van der Waals surface area contributed by atoms with E-state index in [1.165, 1.54) is 87.3 Å². The summed E-state index contributed by atoms with van der Waals surface area (Å²) in [5.74, 6) is 0. The molecule has 44 heavy (non-hydrogen) atoms. The lowest BCUT2D eigenvalue weighted by Crippen LogP contribution is -2.16. The summed E-state index contributed by atoms with van der Waals surface area (Å²) in [6.07, 6.45) is 0. The Morgan fingerprint density at radius 1 is 0.500 bits per heavy atom. The van der Waals surface area contributed by atoms with Crippen LogP contribution in [0.5, 0.6) is 0 Å². The highest BCUT2D eigenvalue weighted by atomic mass is 32.2. The van der Waals surface area contributed by atoms with Gasteiger partial charge in [-0.25, -0.2) is 0 Å². The zero-order valence-electron chi connectivity index (χ0n) is 25.1. The van der Waals surface area contributed by atoms with Gasteiger partial charge in [-0.2, -0.15) is 0 Å². The molecular weight excluding hydrogens is 551 g/mol. The van der Waals surface area contributed by atoms with Crippen molar-refractivity contribution in [1.82, 2.24) is 0 Å². The van der Waals surface area contributed by atoms with E-state index in [-0.39, 0.29) is 5.41 Å². The number of anilines is 3. The van der Waals surface area contributed by atoms with Gasteiger partial charge in [0.2, 0.25) is 0 Å². The smallest absolute Gasteiger partial charge is 0.0619 e. The monoisotopic (exact) mass is 581 g/mol. The molecule has 0 atom stereocenters. The van der Waals surface area contributed by atoms with Gasteiger partial charge in [-0.05, 0) is 75.3 Å². The van der Waals surface area contributed by atoms with Crippen molar-refractivity contribution in [3.05, 3.63) is 150 Å². The minimum atomic E-state index is -0.0533. The van der Waals surface area contributed by atoms with Gasteiger partial charge in [0.25, 0.3) is 0 Å². The number of para-hydroxylation sites is 2. The van der Waals surface area contributed by atoms with Gasteiger partial charge in [0.05, 0.1) is 17.1 Å². The number of rotatable bonds is 2. The van der Waals surface area contributed by atoms with Crippen molar-refractivity contribution in [3.8, 4) is 22.3 Å². The summed E-state index contributed by atoms with van der Waals surface area (Å²) in [7, 11) is 0. The number of aryl methyl sites for hydroxylation is 1. The third kappa shape index (κ3) is 3.49. The molecule has 0 aromatic heterocycles. The number of hydrogen-bond donors (Lipinski definition) is 0. The van der Waals surface area contributed by atoms with Gasteiger partial charge in [-0.15, -0.1) is 0 Å². The van der Waals surface area contributed by atoms with Crippen molar-refractivity contribution in [2.45, 2.75) is 36.0 Å². The summed E-state index contributed by atoms with van der Waals surface area (Å²) in [5.41, 5.74) is 13.1. The molecule has 0 radical (unpaired) electrons. The predicted molar refractivity (Wildman–Crippen MR) is 188 cm³/mol. The topological polar surface area (TPSA) is 3.24 Å². The van der Waals surface area contributed by atoms with Crippen molar-refractivity contribution in [2.75, 3.05) is 4.90 Å². The summed E-state index contributed by atoms with van der Waals surface area (Å²) in [4.78, 5) is 5.07. The standard InChI is InChI=1S/C42H31NS/c1-26-23-24-29-32(25-26)39(31-16-12-18-34-40(31)30-15-6-7-17-33(30)42(34,2)3)27-13-4-5-14-28(27)41(29)43-35-19-8-10-21-37(35)44-38-22-11-9-20-36(38)43/h4-25H,1-3H3. The molecule has 0 unspecified atom stereocenters. The quantitative estimate of drug-likeness (QED) is 0.187. The number of hydrogen-bond acceptors (Lipinski definition) is 2. The van der Waals surface area contributed by atoms with Crippen LogP contribution < -0.4 is 4.90 Å². The highest BCUT2D eigenvalue weighted by Gasteiger charge is 2.37. The second-order valence-electron chi connectivity index (χ2n) is 12.6. The summed E-state index contributed by atoms with van der Waals surface area (Å²) < 4.78 is 0. The van der Waals surface area contributed by atoms with Crippen LogP contribution in [0, 0.1) is 6.92 Å². The Balaban J connectivity index is 1.44. The molecule has 0 spiro atoms. The Morgan fingerprint density at radius 3 is 1.86 bits per heavy atom. The first-order valence-electron chi connectivity index (χ1n) is 15.4. The van der Waals surface area contributed by atoms with Crippen LogP contribution in [0.25, 0.3) is 43.8 Å². The van der Waals surface area contributed by atoms with E-state index in [4.69, 9.17) is 0 Å². The maximum Gasteiger partial charge on any atom is 0.0619 e. The SMILES string of the molecule is Cc1ccc2c(N3c4ccccc4Sc4ccccc43)c3ccccc3c(-c3cccc4c3-c3ccccc3C4(C)C)c2c1. The second kappa shape index (κ2) is 9.35. The zero-order chi connectivity index (χ0) is 29.6. The lowest BCUT2D eigenvalue weighted by Gasteiger charge is -2.35. The first-order valence-corrected chi connectivity index (χ1v) is 16.2. The minimum absolute atomic E-state index is 0.0533. The third-order valence-electron chi connectivity index (χ3n) is 9.68. The molecule has 1 heterocycles. The van der Waals surface area contributed by atoms with Crippen LogP contribution in [0.15, 0.2) is 143 Å². The molecule has 0 saturated carbocycles. The molecule has 1 aliphatic carbocycles. The fourth-order valence-corrected chi connectivity index (χ4v) is 8.77. The summed E-state index contributed by atoms with van der Waals surface area (Å²) in [5, 5.41) is 5.11. The Hall–Kier alpha value is -4.79. The van der Waals surface area contributed by atoms with E-state index in [1.807, 2.05) is 11.8 Å².